The van der Waals surface area contributed by atoms with Crippen LogP contribution in [0.3, 0.4) is 0 Å². The van der Waals surface area contributed by atoms with Gasteiger partial charge in [0.25, 0.3) is 0 Å². The summed E-state index contributed by atoms with van der Waals surface area (Å²) in [6.07, 6.45) is 0.851. The van der Waals surface area contributed by atoms with Gasteiger partial charge in [-0.1, -0.05) is 0 Å². The highest BCUT2D eigenvalue weighted by molar-refractivity contribution is 5.90. The van der Waals surface area contributed by atoms with Crippen molar-refractivity contribution >= 4 is 11.7 Å². The zero-order valence-electron chi connectivity index (χ0n) is 12.6. The van der Waals surface area contributed by atoms with E-state index in [0.29, 0.717) is 12.2 Å². The molecule has 23 heavy (non-hydrogen) atoms. The Kier molecular flexibility index (Phi) is 3.98. The van der Waals surface area contributed by atoms with Crippen LogP contribution in [-0.4, -0.2) is 22.2 Å². The molecule has 6 nitrogen and oxygen atoms in total. The third-order valence-electron chi connectivity index (χ3n) is 3.60. The van der Waals surface area contributed by atoms with Crippen LogP contribution in [0.5, 0.6) is 5.75 Å². The van der Waals surface area contributed by atoms with Gasteiger partial charge >= 0.3 is 0 Å². The molecular weight excluding hydrogens is 299 g/mol. The first-order valence-corrected chi connectivity index (χ1v) is 7.25. The minimum atomic E-state index is -0.522. The summed E-state index contributed by atoms with van der Waals surface area (Å²) in [5, 5.41) is 13.2. The van der Waals surface area contributed by atoms with E-state index in [1.807, 2.05) is 6.07 Å². The summed E-state index contributed by atoms with van der Waals surface area (Å²) in [7, 11) is 0. The molecular formula is C16H15FN4O2. The molecule has 0 atom stereocenters. The van der Waals surface area contributed by atoms with Crippen molar-refractivity contribution in [2.45, 2.75) is 26.5 Å². The summed E-state index contributed by atoms with van der Waals surface area (Å²) < 4.78 is 20.7. The van der Waals surface area contributed by atoms with E-state index in [2.05, 4.69) is 5.10 Å². The second-order valence-electron chi connectivity index (χ2n) is 5.32. The number of aromatic nitrogens is 2. The second kappa shape index (κ2) is 6.08. The molecule has 0 spiro atoms. The predicted octanol–water partition coefficient (Wildman–Crippen LogP) is 2.23. The van der Waals surface area contributed by atoms with Crippen LogP contribution in [0.25, 0.3) is 0 Å². The first kappa shape index (κ1) is 15.0. The van der Waals surface area contributed by atoms with Crippen molar-refractivity contribution in [2.24, 2.45) is 0 Å². The lowest BCUT2D eigenvalue weighted by atomic mass is 10.2. The maximum Gasteiger partial charge on any atom is 0.225 e. The Hall–Kier alpha value is -2.88. The third-order valence-corrected chi connectivity index (χ3v) is 3.60. The maximum absolute atomic E-state index is 13.4. The number of fused-ring (bicyclic) bond motifs is 1. The number of carbonyl (C=O) groups is 1. The van der Waals surface area contributed by atoms with E-state index in [1.165, 1.54) is 19.1 Å². The number of halogens is 1. The molecule has 0 radical (unpaired) electrons. The fourth-order valence-corrected chi connectivity index (χ4v) is 2.59. The Labute approximate surface area is 132 Å². The number of nitriles is 1. The number of aryl methyl sites for hydroxylation is 1. The molecule has 1 aliphatic rings. The highest BCUT2D eigenvalue weighted by atomic mass is 19.1. The van der Waals surface area contributed by atoms with Crippen LogP contribution in [0, 0.1) is 17.1 Å². The first-order valence-electron chi connectivity index (χ1n) is 7.25. The molecule has 0 N–H and O–H groups in total. The van der Waals surface area contributed by atoms with Crippen molar-refractivity contribution in [3.63, 3.8) is 0 Å². The van der Waals surface area contributed by atoms with Crippen molar-refractivity contribution in [1.82, 2.24) is 9.78 Å². The molecule has 0 saturated heterocycles. The van der Waals surface area contributed by atoms with Crippen molar-refractivity contribution in [2.75, 3.05) is 11.4 Å². The van der Waals surface area contributed by atoms with Crippen LogP contribution in [0.2, 0.25) is 0 Å². The number of carbonyl (C=O) groups excluding carboxylic acids is 1. The van der Waals surface area contributed by atoms with Gasteiger partial charge in [0, 0.05) is 32.1 Å². The Bertz CT molecular complexity index is 794. The average molecular weight is 314 g/mol. The van der Waals surface area contributed by atoms with Crippen LogP contribution < -0.4 is 9.64 Å². The van der Waals surface area contributed by atoms with Gasteiger partial charge in [0.1, 0.15) is 29.7 Å². The molecule has 1 amide bonds. The summed E-state index contributed by atoms with van der Waals surface area (Å²) in [5.74, 6) is 0.475. The molecule has 1 aliphatic heterocycles. The fraction of sp³-hybridized carbons (Fsp3) is 0.312. The van der Waals surface area contributed by atoms with Crippen LogP contribution >= 0.6 is 0 Å². The lowest BCUT2D eigenvalue weighted by Gasteiger charge is -2.26. The smallest absolute Gasteiger partial charge is 0.225 e. The van der Waals surface area contributed by atoms with Gasteiger partial charge in [-0.25, -0.2) is 9.07 Å². The highest BCUT2D eigenvalue weighted by Gasteiger charge is 2.22. The minimum absolute atomic E-state index is 0.0258. The van der Waals surface area contributed by atoms with Gasteiger partial charge in [0.2, 0.25) is 5.91 Å². The van der Waals surface area contributed by atoms with Crippen LogP contribution in [0.1, 0.15) is 24.6 Å². The third kappa shape index (κ3) is 3.16. The topological polar surface area (TPSA) is 71.2 Å². The van der Waals surface area contributed by atoms with Gasteiger partial charge in [-0.05, 0) is 18.6 Å². The molecule has 2 heterocycles. The van der Waals surface area contributed by atoms with Crippen LogP contribution in [0.15, 0.2) is 24.3 Å². The van der Waals surface area contributed by atoms with E-state index in [9.17, 15) is 9.18 Å². The molecule has 118 valence electrons. The summed E-state index contributed by atoms with van der Waals surface area (Å²) in [6.45, 7) is 3.09. The van der Waals surface area contributed by atoms with Crippen LogP contribution in [0.4, 0.5) is 10.2 Å². The monoisotopic (exact) mass is 314 g/mol. The van der Waals surface area contributed by atoms with E-state index in [1.54, 1.807) is 15.6 Å². The number of ether oxygens (including phenoxy) is 1. The van der Waals surface area contributed by atoms with Gasteiger partial charge in [-0.3, -0.25) is 9.69 Å². The summed E-state index contributed by atoms with van der Waals surface area (Å²) >= 11 is 0. The number of nitrogens with zero attached hydrogens (tertiary/aromatic N) is 4. The molecule has 3 rings (SSSR count). The molecule has 0 saturated carbocycles. The van der Waals surface area contributed by atoms with Gasteiger partial charge in [0.05, 0.1) is 11.6 Å². The number of hydrogen-bond donors (Lipinski definition) is 0. The Balaban J connectivity index is 1.76. The Morgan fingerprint density at radius 2 is 2.22 bits per heavy atom. The van der Waals surface area contributed by atoms with E-state index >= 15 is 0 Å². The van der Waals surface area contributed by atoms with Gasteiger partial charge < -0.3 is 4.74 Å². The van der Waals surface area contributed by atoms with Crippen LogP contribution in [-0.2, 0) is 17.9 Å². The molecule has 2 aromatic rings. The first-order chi connectivity index (χ1) is 11.1. The largest absolute Gasteiger partial charge is 0.487 e. The van der Waals surface area contributed by atoms with E-state index in [-0.39, 0.29) is 23.8 Å². The zero-order valence-corrected chi connectivity index (χ0v) is 12.6. The Morgan fingerprint density at radius 1 is 1.39 bits per heavy atom. The van der Waals surface area contributed by atoms with Gasteiger partial charge in [-0.15, -0.1) is 0 Å². The van der Waals surface area contributed by atoms with E-state index < -0.39 is 5.82 Å². The van der Waals surface area contributed by atoms with E-state index in [0.717, 1.165) is 24.8 Å². The summed E-state index contributed by atoms with van der Waals surface area (Å²) in [5.41, 5.74) is 0.850. The second-order valence-corrected chi connectivity index (χ2v) is 5.32. The normalized spacial score (nSPS) is 13.3. The molecule has 0 aliphatic carbocycles. The summed E-state index contributed by atoms with van der Waals surface area (Å²) in [4.78, 5) is 13.3. The number of rotatable bonds is 3. The van der Waals surface area contributed by atoms with Crippen molar-refractivity contribution < 1.29 is 13.9 Å². The SMILES string of the molecule is CC(=O)N1CCCn2nc(COc3cc(F)cc(C#N)c3)cc21. The standard InChI is InChI=1S/C16H15FN4O2/c1-11(22)20-3-2-4-21-16(20)8-14(19-21)10-23-15-6-12(9-18)5-13(17)7-15/h5-8H,2-4,10H2,1H3. The molecule has 1 aromatic carbocycles. The van der Waals surface area contributed by atoms with Crippen molar-refractivity contribution in [3.8, 4) is 11.8 Å². The lowest BCUT2D eigenvalue weighted by Crippen LogP contribution is -2.35. The average Bonchev–Trinajstić information content (AvgIpc) is 2.95. The Morgan fingerprint density at radius 3 is 2.96 bits per heavy atom. The maximum atomic E-state index is 13.4. The molecule has 7 heteroatoms. The van der Waals surface area contributed by atoms with Gasteiger partial charge in [-0.2, -0.15) is 10.4 Å². The zero-order chi connectivity index (χ0) is 16.4. The number of hydrogen-bond acceptors (Lipinski definition) is 4. The minimum Gasteiger partial charge on any atom is -0.487 e. The lowest BCUT2D eigenvalue weighted by molar-refractivity contribution is -0.116. The fourth-order valence-electron chi connectivity index (χ4n) is 2.59. The number of benzene rings is 1. The van der Waals surface area contributed by atoms with Crippen molar-refractivity contribution in [1.29, 1.82) is 5.26 Å². The molecule has 1 aromatic heterocycles. The van der Waals surface area contributed by atoms with Crippen molar-refractivity contribution in [3.05, 3.63) is 41.3 Å². The summed E-state index contributed by atoms with van der Waals surface area (Å²) in [6, 6.07) is 7.52. The highest BCUT2D eigenvalue weighted by Crippen LogP contribution is 2.23. The number of anilines is 1. The quantitative estimate of drug-likeness (QED) is 0.871. The predicted molar refractivity (Wildman–Crippen MR) is 80.3 cm³/mol. The van der Waals surface area contributed by atoms with E-state index in [4.69, 9.17) is 10.00 Å². The van der Waals surface area contributed by atoms with Gasteiger partial charge in [0.15, 0.2) is 0 Å². The molecule has 0 bridgehead atoms. The molecule has 0 fully saturated rings. The molecule has 0 unspecified atom stereocenters. The number of amides is 1.